The Morgan fingerprint density at radius 2 is 2.00 bits per heavy atom. The molecule has 1 aromatic carbocycles. The Morgan fingerprint density at radius 1 is 1.29 bits per heavy atom. The van der Waals surface area contributed by atoms with Crippen molar-refractivity contribution in [3.05, 3.63) is 29.8 Å². The molecule has 1 aromatic rings. The van der Waals surface area contributed by atoms with Crippen LogP contribution >= 0.6 is 11.8 Å². The molecule has 0 aromatic heterocycles. The third-order valence-corrected chi connectivity index (χ3v) is 3.15. The lowest BCUT2D eigenvalue weighted by Crippen LogP contribution is -2.27. The molecule has 2 nitrogen and oxygen atoms in total. The molecule has 1 unspecified atom stereocenters. The molecule has 1 atom stereocenters. The fourth-order valence-corrected chi connectivity index (χ4v) is 1.99. The molecule has 0 saturated carbocycles. The normalized spacial score (nSPS) is 12.4. The van der Waals surface area contributed by atoms with Crippen LogP contribution in [0.4, 0.5) is 0 Å². The summed E-state index contributed by atoms with van der Waals surface area (Å²) >= 11 is 1.80. The molecule has 96 valence electrons. The molecule has 0 heterocycles. The monoisotopic (exact) mass is 253 g/mol. The maximum absolute atomic E-state index is 5.62. The van der Waals surface area contributed by atoms with E-state index < -0.39 is 0 Å². The molecule has 3 heteroatoms. The molecule has 0 aliphatic carbocycles. The highest BCUT2D eigenvalue weighted by Crippen LogP contribution is 2.13. The molecule has 0 bridgehead atoms. The maximum Gasteiger partial charge on any atom is 0.119 e. The molecule has 0 fully saturated rings. The summed E-state index contributed by atoms with van der Waals surface area (Å²) in [5.41, 5.74) is 1.36. The minimum absolute atomic E-state index is 0.531. The lowest BCUT2D eigenvalue weighted by atomic mass is 10.1. The number of nitrogens with one attached hydrogen (secondary N) is 1. The second-order valence-corrected chi connectivity index (χ2v) is 5.13. The lowest BCUT2D eigenvalue weighted by Gasteiger charge is -2.12. The Bertz CT molecular complexity index is 300. The van der Waals surface area contributed by atoms with Crippen molar-refractivity contribution in [2.75, 3.05) is 25.2 Å². The fraction of sp³-hybridized carbons (Fsp3) is 0.571. The highest BCUT2D eigenvalue weighted by atomic mass is 32.2. The van der Waals surface area contributed by atoms with E-state index in [9.17, 15) is 0 Å². The zero-order valence-electron chi connectivity index (χ0n) is 11.0. The number of hydrogen-bond donors (Lipinski definition) is 1. The predicted molar refractivity (Wildman–Crippen MR) is 77.2 cm³/mol. The van der Waals surface area contributed by atoms with E-state index in [2.05, 4.69) is 49.7 Å². The van der Waals surface area contributed by atoms with Crippen LogP contribution in [0, 0.1) is 0 Å². The van der Waals surface area contributed by atoms with Gasteiger partial charge in [0, 0.05) is 11.8 Å². The number of likely N-dealkylation sites (N-methyl/N-ethyl adjacent to an activating group) is 1. The molecule has 0 amide bonds. The Hall–Kier alpha value is -0.670. The second-order valence-electron chi connectivity index (χ2n) is 4.15. The molecular weight excluding hydrogens is 230 g/mol. The number of thioether (sulfide) groups is 1. The predicted octanol–water partition coefficient (Wildman–Crippen LogP) is 2.97. The Morgan fingerprint density at radius 3 is 2.59 bits per heavy atom. The Kier molecular flexibility index (Phi) is 7.13. The molecular formula is C14H23NOS. The van der Waals surface area contributed by atoms with E-state index in [1.54, 1.807) is 11.8 Å². The van der Waals surface area contributed by atoms with Crippen molar-refractivity contribution in [2.24, 2.45) is 0 Å². The molecule has 1 N–H and O–H groups in total. The van der Waals surface area contributed by atoms with Gasteiger partial charge in [-0.05, 0) is 43.8 Å². The van der Waals surface area contributed by atoms with Crippen molar-refractivity contribution in [1.29, 1.82) is 0 Å². The van der Waals surface area contributed by atoms with Gasteiger partial charge in [0.05, 0.1) is 6.61 Å². The van der Waals surface area contributed by atoms with E-state index in [-0.39, 0.29) is 0 Å². The van der Waals surface area contributed by atoms with Crippen molar-refractivity contribution >= 4 is 11.8 Å². The van der Waals surface area contributed by atoms with Gasteiger partial charge in [0.1, 0.15) is 5.75 Å². The Labute approximate surface area is 109 Å². The Balaban J connectivity index is 2.39. The minimum Gasteiger partial charge on any atom is -0.493 e. The first-order chi connectivity index (χ1) is 8.26. The first-order valence-electron chi connectivity index (χ1n) is 6.20. The van der Waals surface area contributed by atoms with Crippen molar-refractivity contribution in [1.82, 2.24) is 5.32 Å². The van der Waals surface area contributed by atoms with E-state index in [1.165, 1.54) is 5.56 Å². The quantitative estimate of drug-likeness (QED) is 0.720. The van der Waals surface area contributed by atoms with Crippen LogP contribution in [0.1, 0.15) is 19.4 Å². The topological polar surface area (TPSA) is 21.3 Å². The molecule has 0 aliphatic rings. The second kappa shape index (κ2) is 8.43. The van der Waals surface area contributed by atoms with E-state index in [1.807, 2.05) is 0 Å². The average molecular weight is 253 g/mol. The van der Waals surface area contributed by atoms with Gasteiger partial charge in [0.25, 0.3) is 0 Å². The summed E-state index contributed by atoms with van der Waals surface area (Å²) in [5.74, 6) is 2.01. The molecule has 0 radical (unpaired) electrons. The first kappa shape index (κ1) is 14.4. The molecule has 0 saturated heterocycles. The highest BCUT2D eigenvalue weighted by Gasteiger charge is 2.02. The zero-order valence-corrected chi connectivity index (χ0v) is 11.8. The fourth-order valence-electron chi connectivity index (χ4n) is 1.74. The molecule has 1 rings (SSSR count). The van der Waals surface area contributed by atoms with Crippen LogP contribution in [0.3, 0.4) is 0 Å². The van der Waals surface area contributed by atoms with Crippen LogP contribution in [0.2, 0.25) is 0 Å². The largest absolute Gasteiger partial charge is 0.493 e. The summed E-state index contributed by atoms with van der Waals surface area (Å²) in [6, 6.07) is 8.97. The van der Waals surface area contributed by atoms with Gasteiger partial charge in [-0.15, -0.1) is 0 Å². The molecule has 0 spiro atoms. The van der Waals surface area contributed by atoms with Gasteiger partial charge < -0.3 is 10.1 Å². The van der Waals surface area contributed by atoms with Crippen molar-refractivity contribution in [3.8, 4) is 5.75 Å². The third kappa shape index (κ3) is 5.99. The number of ether oxygens (including phenoxy) is 1. The van der Waals surface area contributed by atoms with Crippen LogP contribution in [0.15, 0.2) is 24.3 Å². The summed E-state index contributed by atoms with van der Waals surface area (Å²) in [7, 11) is 0. The van der Waals surface area contributed by atoms with Crippen LogP contribution in [0.25, 0.3) is 0 Å². The van der Waals surface area contributed by atoms with Gasteiger partial charge in [-0.1, -0.05) is 19.1 Å². The van der Waals surface area contributed by atoms with Crippen LogP contribution in [0.5, 0.6) is 5.75 Å². The standard InChI is InChI=1S/C14H23NOS/c1-4-15-12(2)11-13-5-7-14(8-6-13)16-9-10-17-3/h5-8,12,15H,4,9-11H2,1-3H3. The minimum atomic E-state index is 0.531. The van der Waals surface area contributed by atoms with E-state index in [0.29, 0.717) is 6.04 Å². The number of benzene rings is 1. The van der Waals surface area contributed by atoms with Crippen LogP contribution in [-0.4, -0.2) is 31.2 Å². The smallest absolute Gasteiger partial charge is 0.119 e. The van der Waals surface area contributed by atoms with Gasteiger partial charge in [0.15, 0.2) is 0 Å². The van der Waals surface area contributed by atoms with E-state index >= 15 is 0 Å². The number of hydrogen-bond acceptors (Lipinski definition) is 3. The van der Waals surface area contributed by atoms with E-state index in [4.69, 9.17) is 4.74 Å². The first-order valence-corrected chi connectivity index (χ1v) is 7.59. The third-order valence-electron chi connectivity index (χ3n) is 2.57. The van der Waals surface area contributed by atoms with Crippen LogP contribution < -0.4 is 10.1 Å². The summed E-state index contributed by atoms with van der Waals surface area (Å²) in [6.07, 6.45) is 3.16. The summed E-state index contributed by atoms with van der Waals surface area (Å²) in [6.45, 7) is 6.16. The van der Waals surface area contributed by atoms with Crippen molar-refractivity contribution < 1.29 is 4.74 Å². The number of rotatable bonds is 8. The molecule has 17 heavy (non-hydrogen) atoms. The lowest BCUT2D eigenvalue weighted by molar-refractivity contribution is 0.344. The van der Waals surface area contributed by atoms with Gasteiger partial charge in [-0.3, -0.25) is 0 Å². The zero-order chi connectivity index (χ0) is 12.5. The van der Waals surface area contributed by atoms with Crippen molar-refractivity contribution in [3.63, 3.8) is 0 Å². The van der Waals surface area contributed by atoms with Gasteiger partial charge in [0.2, 0.25) is 0 Å². The van der Waals surface area contributed by atoms with E-state index in [0.717, 1.165) is 31.1 Å². The summed E-state index contributed by atoms with van der Waals surface area (Å²) in [5, 5.41) is 3.42. The average Bonchev–Trinajstić information content (AvgIpc) is 2.32. The van der Waals surface area contributed by atoms with Gasteiger partial charge in [-0.2, -0.15) is 11.8 Å². The summed E-state index contributed by atoms with van der Waals surface area (Å²) < 4.78 is 5.62. The summed E-state index contributed by atoms with van der Waals surface area (Å²) in [4.78, 5) is 0. The maximum atomic E-state index is 5.62. The van der Waals surface area contributed by atoms with Gasteiger partial charge >= 0.3 is 0 Å². The molecule has 0 aliphatic heterocycles. The highest BCUT2D eigenvalue weighted by molar-refractivity contribution is 7.98. The van der Waals surface area contributed by atoms with Gasteiger partial charge in [-0.25, -0.2) is 0 Å². The SMILES string of the molecule is CCNC(C)Cc1ccc(OCCSC)cc1. The van der Waals surface area contributed by atoms with Crippen LogP contribution in [-0.2, 0) is 6.42 Å². The van der Waals surface area contributed by atoms with Crippen molar-refractivity contribution in [2.45, 2.75) is 26.3 Å².